The monoisotopic (exact) mass is 595 g/mol. The molecule has 0 N–H and O–H groups in total. The Morgan fingerprint density at radius 3 is 2.31 bits per heavy atom. The highest BCUT2D eigenvalue weighted by Crippen LogP contribution is 2.53. The molecular formula is C31H47Cl2N3O2S. The number of nitrogens with zero attached hydrogens (tertiary/aromatic N) is 3. The van der Waals surface area contributed by atoms with E-state index in [-0.39, 0.29) is 30.7 Å². The number of likely N-dealkylation sites (N-methyl/N-ethyl adjacent to an activating group) is 1. The van der Waals surface area contributed by atoms with Crippen molar-refractivity contribution in [1.82, 2.24) is 9.80 Å². The molecule has 0 radical (unpaired) electrons. The molecule has 0 bridgehead atoms. The number of carbonyl (C=O) groups is 1. The summed E-state index contributed by atoms with van der Waals surface area (Å²) in [5, 5.41) is 0. The maximum atomic E-state index is 13.8. The summed E-state index contributed by atoms with van der Waals surface area (Å²) in [7, 11) is 8.36. The Balaban J connectivity index is 0.00000267. The first kappa shape index (κ1) is 33.8. The molecule has 5 nitrogen and oxygen atoms in total. The summed E-state index contributed by atoms with van der Waals surface area (Å²) in [4.78, 5) is 21.6. The van der Waals surface area contributed by atoms with E-state index < -0.39 is 4.75 Å². The van der Waals surface area contributed by atoms with Crippen LogP contribution in [0.2, 0.25) is 0 Å². The molecule has 1 heterocycles. The van der Waals surface area contributed by atoms with Crippen LogP contribution in [0.3, 0.4) is 0 Å². The van der Waals surface area contributed by atoms with Gasteiger partial charge in [0.25, 0.3) is 0 Å². The van der Waals surface area contributed by atoms with E-state index >= 15 is 0 Å². The van der Waals surface area contributed by atoms with Gasteiger partial charge in [0.15, 0.2) is 0 Å². The lowest BCUT2D eigenvalue weighted by Gasteiger charge is -2.41. The minimum atomic E-state index is -0.624. The normalized spacial score (nSPS) is 19.4. The molecule has 1 aliphatic carbocycles. The standard InChI is InChI=1S/C31H45N3O2S.2ClH/c1-32(2)22-12-21-31(30(35)34(4)28-15-8-9-16-29(28)37-31)25-17-19-27(20-18-25)36-24-11-10-23-33(3)26-13-6-5-7-14-26;;/h8-9,15-20,26H,5-7,10-14,21-24H2,1-4H3;2*1H. The molecule has 1 atom stereocenters. The molecule has 1 unspecified atom stereocenters. The highest BCUT2D eigenvalue weighted by molar-refractivity contribution is 8.01. The summed E-state index contributed by atoms with van der Waals surface area (Å²) < 4.78 is 5.47. The van der Waals surface area contributed by atoms with Crippen LogP contribution >= 0.6 is 36.6 Å². The van der Waals surface area contributed by atoms with Gasteiger partial charge in [0.2, 0.25) is 5.91 Å². The number of benzene rings is 2. The van der Waals surface area contributed by atoms with Crippen LogP contribution in [0.25, 0.3) is 0 Å². The molecule has 4 rings (SSSR count). The molecule has 39 heavy (non-hydrogen) atoms. The van der Waals surface area contributed by atoms with Gasteiger partial charge in [-0.1, -0.05) is 43.5 Å². The number of thioether (sulfide) groups is 1. The lowest BCUT2D eigenvalue weighted by Crippen LogP contribution is -2.46. The minimum Gasteiger partial charge on any atom is -0.494 e. The van der Waals surface area contributed by atoms with Gasteiger partial charge in [-0.05, 0) is 103 Å². The van der Waals surface area contributed by atoms with Crippen LogP contribution in [0.4, 0.5) is 5.69 Å². The smallest absolute Gasteiger partial charge is 0.247 e. The van der Waals surface area contributed by atoms with Gasteiger partial charge in [-0.15, -0.1) is 36.6 Å². The highest BCUT2D eigenvalue weighted by Gasteiger charge is 2.47. The van der Waals surface area contributed by atoms with Crippen molar-refractivity contribution in [3.8, 4) is 5.75 Å². The Hall–Kier alpha value is -1.44. The van der Waals surface area contributed by atoms with Gasteiger partial charge in [0, 0.05) is 18.0 Å². The lowest BCUT2D eigenvalue weighted by atomic mass is 9.90. The van der Waals surface area contributed by atoms with Crippen molar-refractivity contribution in [3.05, 3.63) is 54.1 Å². The Morgan fingerprint density at radius 1 is 0.923 bits per heavy atom. The minimum absolute atomic E-state index is 0. The molecule has 8 heteroatoms. The maximum Gasteiger partial charge on any atom is 0.247 e. The summed E-state index contributed by atoms with van der Waals surface area (Å²) in [6, 6.07) is 17.3. The molecule has 218 valence electrons. The predicted molar refractivity (Wildman–Crippen MR) is 170 cm³/mol. The average Bonchev–Trinajstić information content (AvgIpc) is 2.92. The van der Waals surface area contributed by atoms with Gasteiger partial charge in [-0.25, -0.2) is 0 Å². The fraction of sp³-hybridized carbons (Fsp3) is 0.581. The van der Waals surface area contributed by atoms with E-state index in [0.29, 0.717) is 0 Å². The van der Waals surface area contributed by atoms with Crippen LogP contribution in [0.1, 0.15) is 63.4 Å². The van der Waals surface area contributed by atoms with Crippen molar-refractivity contribution in [1.29, 1.82) is 0 Å². The zero-order valence-corrected chi connectivity index (χ0v) is 26.5. The fourth-order valence-electron chi connectivity index (χ4n) is 5.74. The Kier molecular flexibility index (Phi) is 14.0. The molecule has 1 amide bonds. The van der Waals surface area contributed by atoms with Crippen molar-refractivity contribution in [2.24, 2.45) is 0 Å². The summed E-state index contributed by atoms with van der Waals surface area (Å²) >= 11 is 1.71. The molecule has 0 spiro atoms. The highest BCUT2D eigenvalue weighted by atomic mass is 35.5. The number of halogens is 2. The van der Waals surface area contributed by atoms with Crippen molar-refractivity contribution in [3.63, 3.8) is 0 Å². The van der Waals surface area contributed by atoms with Crippen molar-refractivity contribution >= 4 is 48.2 Å². The van der Waals surface area contributed by atoms with E-state index in [1.807, 2.05) is 36.2 Å². The van der Waals surface area contributed by atoms with E-state index in [2.05, 4.69) is 55.2 Å². The third kappa shape index (κ3) is 8.53. The number of fused-ring (bicyclic) bond motifs is 1. The SMILES string of the molecule is CN(C)CCCC1(c2ccc(OCCCCN(C)C3CCCCC3)cc2)Sc2ccccc2N(C)C1=O.Cl.Cl. The number of anilines is 1. The Bertz CT molecular complexity index is 1020. The maximum absolute atomic E-state index is 13.8. The summed E-state index contributed by atoms with van der Waals surface area (Å²) in [5.74, 6) is 1.04. The number of hydrogen-bond acceptors (Lipinski definition) is 5. The van der Waals surface area contributed by atoms with Gasteiger partial charge in [0.1, 0.15) is 10.5 Å². The molecular weight excluding hydrogens is 549 g/mol. The van der Waals surface area contributed by atoms with E-state index in [9.17, 15) is 4.79 Å². The summed E-state index contributed by atoms with van der Waals surface area (Å²) in [5.41, 5.74) is 2.05. The zero-order chi connectivity index (χ0) is 26.3. The topological polar surface area (TPSA) is 36.0 Å². The molecule has 0 aromatic heterocycles. The number of amides is 1. The Labute approximate surface area is 252 Å². The first-order valence-corrected chi connectivity index (χ1v) is 14.9. The van der Waals surface area contributed by atoms with Crippen LogP contribution in [0, 0.1) is 0 Å². The quantitative estimate of drug-likeness (QED) is 0.241. The van der Waals surface area contributed by atoms with Gasteiger partial charge < -0.3 is 19.4 Å². The second-order valence-electron chi connectivity index (χ2n) is 11.0. The molecule has 1 saturated carbocycles. The number of para-hydroxylation sites is 1. The van der Waals surface area contributed by atoms with E-state index in [0.717, 1.165) is 73.3 Å². The fourth-order valence-corrected chi connectivity index (χ4v) is 7.30. The predicted octanol–water partition coefficient (Wildman–Crippen LogP) is 7.26. The molecule has 2 aromatic rings. The van der Waals surface area contributed by atoms with Gasteiger partial charge >= 0.3 is 0 Å². The number of rotatable bonds is 12. The first-order chi connectivity index (χ1) is 17.9. The van der Waals surface area contributed by atoms with Crippen LogP contribution in [0.15, 0.2) is 53.4 Å². The molecule has 1 fully saturated rings. The van der Waals surface area contributed by atoms with Crippen molar-refractivity contribution in [2.75, 3.05) is 52.8 Å². The molecule has 1 aliphatic heterocycles. The van der Waals surface area contributed by atoms with Crippen LogP contribution in [0.5, 0.6) is 5.75 Å². The number of carbonyl (C=O) groups excluding carboxylic acids is 1. The molecule has 0 saturated heterocycles. The second-order valence-corrected chi connectivity index (χ2v) is 12.4. The number of hydrogen-bond donors (Lipinski definition) is 0. The van der Waals surface area contributed by atoms with Gasteiger partial charge in [-0.2, -0.15) is 0 Å². The van der Waals surface area contributed by atoms with E-state index in [1.165, 1.54) is 32.1 Å². The van der Waals surface area contributed by atoms with E-state index in [4.69, 9.17) is 4.74 Å². The Morgan fingerprint density at radius 2 is 1.62 bits per heavy atom. The third-order valence-corrected chi connectivity index (χ3v) is 9.52. The van der Waals surface area contributed by atoms with Crippen LogP contribution < -0.4 is 9.64 Å². The largest absolute Gasteiger partial charge is 0.494 e. The lowest BCUT2D eigenvalue weighted by molar-refractivity contribution is -0.121. The van der Waals surface area contributed by atoms with Gasteiger partial charge in [-0.3, -0.25) is 4.79 Å². The number of unbranched alkanes of at least 4 members (excludes halogenated alkanes) is 1. The van der Waals surface area contributed by atoms with Gasteiger partial charge in [0.05, 0.1) is 12.3 Å². The van der Waals surface area contributed by atoms with Crippen molar-refractivity contribution < 1.29 is 9.53 Å². The number of ether oxygens (including phenoxy) is 1. The average molecular weight is 597 g/mol. The summed E-state index contributed by atoms with van der Waals surface area (Å²) in [6.45, 7) is 2.84. The first-order valence-electron chi connectivity index (χ1n) is 14.1. The molecule has 2 aliphatic rings. The van der Waals surface area contributed by atoms with Crippen LogP contribution in [-0.2, 0) is 9.54 Å². The third-order valence-electron chi connectivity index (χ3n) is 7.99. The van der Waals surface area contributed by atoms with Crippen molar-refractivity contribution in [2.45, 2.75) is 73.5 Å². The van der Waals surface area contributed by atoms with Crippen LogP contribution in [-0.4, -0.2) is 69.6 Å². The second kappa shape index (κ2) is 16.1. The molecule has 2 aromatic carbocycles. The zero-order valence-electron chi connectivity index (χ0n) is 24.1. The summed E-state index contributed by atoms with van der Waals surface area (Å²) in [6.07, 6.45) is 10.9. The van der Waals surface area contributed by atoms with E-state index in [1.54, 1.807) is 11.8 Å².